The van der Waals surface area contributed by atoms with Gasteiger partial charge in [0.2, 0.25) is 5.65 Å². The van der Waals surface area contributed by atoms with E-state index in [2.05, 4.69) is 32.3 Å². The van der Waals surface area contributed by atoms with Gasteiger partial charge in [-0.15, -0.1) is 10.2 Å². The Morgan fingerprint density at radius 2 is 2.05 bits per heavy atom. The van der Waals surface area contributed by atoms with Gasteiger partial charge in [0.15, 0.2) is 5.82 Å². The van der Waals surface area contributed by atoms with Crippen molar-refractivity contribution in [2.75, 3.05) is 25.0 Å². The lowest BCUT2D eigenvalue weighted by Gasteiger charge is -2.32. The summed E-state index contributed by atoms with van der Waals surface area (Å²) in [5.41, 5.74) is 0.802. The molecule has 1 fully saturated rings. The molecule has 20 heavy (non-hydrogen) atoms. The van der Waals surface area contributed by atoms with E-state index in [0.717, 1.165) is 23.8 Å². The summed E-state index contributed by atoms with van der Waals surface area (Å²) < 4.78 is 1.96. The average Bonchev–Trinajstić information content (AvgIpc) is 2.88. The Balaban J connectivity index is 1.67. The summed E-state index contributed by atoms with van der Waals surface area (Å²) in [4.78, 5) is 6.93. The lowest BCUT2D eigenvalue weighted by molar-refractivity contribution is 0.180. The maximum atomic E-state index is 4.38. The first kappa shape index (κ1) is 13.3. The van der Waals surface area contributed by atoms with Crippen molar-refractivity contribution in [3.63, 3.8) is 0 Å². The number of rotatable bonds is 4. The van der Waals surface area contributed by atoms with Crippen LogP contribution in [0.15, 0.2) is 12.4 Å². The van der Waals surface area contributed by atoms with E-state index in [-0.39, 0.29) is 0 Å². The first-order valence-electron chi connectivity index (χ1n) is 7.40. The van der Waals surface area contributed by atoms with Gasteiger partial charge in [-0.3, -0.25) is 9.30 Å². The molecule has 1 saturated heterocycles. The van der Waals surface area contributed by atoms with Crippen molar-refractivity contribution in [1.82, 2.24) is 24.5 Å². The Morgan fingerprint density at radius 1 is 1.25 bits per heavy atom. The first-order chi connectivity index (χ1) is 9.75. The first-order valence-corrected chi connectivity index (χ1v) is 7.40. The van der Waals surface area contributed by atoms with E-state index >= 15 is 0 Å². The van der Waals surface area contributed by atoms with Gasteiger partial charge in [-0.1, -0.05) is 6.42 Å². The molecule has 0 bridgehead atoms. The zero-order valence-electron chi connectivity index (χ0n) is 12.2. The largest absolute Gasteiger partial charge is 0.365 e. The second-order valence-corrected chi connectivity index (χ2v) is 5.54. The highest BCUT2D eigenvalue weighted by Crippen LogP contribution is 2.15. The molecule has 0 amide bonds. The molecule has 1 aliphatic rings. The molecule has 6 nitrogen and oxygen atoms in total. The van der Waals surface area contributed by atoms with Gasteiger partial charge in [-0.2, -0.15) is 0 Å². The van der Waals surface area contributed by atoms with E-state index in [9.17, 15) is 0 Å². The van der Waals surface area contributed by atoms with Gasteiger partial charge < -0.3 is 5.32 Å². The number of anilines is 1. The number of aromatic nitrogens is 4. The third kappa shape index (κ3) is 2.60. The van der Waals surface area contributed by atoms with Crippen LogP contribution >= 0.6 is 0 Å². The SMILES string of the molecule is Cc1nnc2c(NCC(C)N3CCCCC3)nccn12. The van der Waals surface area contributed by atoms with E-state index < -0.39 is 0 Å². The van der Waals surface area contributed by atoms with Crippen molar-refractivity contribution in [3.8, 4) is 0 Å². The van der Waals surface area contributed by atoms with Gasteiger partial charge in [-0.05, 0) is 39.8 Å². The molecule has 0 saturated carbocycles. The average molecular weight is 274 g/mol. The van der Waals surface area contributed by atoms with Crippen molar-refractivity contribution in [1.29, 1.82) is 0 Å². The van der Waals surface area contributed by atoms with Crippen LogP contribution in [0, 0.1) is 6.92 Å². The minimum Gasteiger partial charge on any atom is -0.365 e. The van der Waals surface area contributed by atoms with Crippen LogP contribution in [-0.2, 0) is 0 Å². The molecule has 6 heteroatoms. The highest BCUT2D eigenvalue weighted by molar-refractivity contribution is 5.61. The molecule has 1 atom stereocenters. The highest BCUT2D eigenvalue weighted by Gasteiger charge is 2.17. The number of nitrogens with zero attached hydrogens (tertiary/aromatic N) is 5. The van der Waals surface area contributed by atoms with Crippen LogP contribution in [0.2, 0.25) is 0 Å². The van der Waals surface area contributed by atoms with Crippen molar-refractivity contribution >= 4 is 11.5 Å². The Labute approximate surface area is 119 Å². The predicted molar refractivity (Wildman–Crippen MR) is 78.9 cm³/mol. The lowest BCUT2D eigenvalue weighted by Crippen LogP contribution is -2.41. The normalized spacial score (nSPS) is 18.3. The van der Waals surface area contributed by atoms with Gasteiger partial charge in [-0.25, -0.2) is 4.98 Å². The maximum absolute atomic E-state index is 4.38. The quantitative estimate of drug-likeness (QED) is 0.920. The summed E-state index contributed by atoms with van der Waals surface area (Å²) in [7, 11) is 0. The monoisotopic (exact) mass is 274 g/mol. The fourth-order valence-electron chi connectivity index (χ4n) is 2.80. The van der Waals surface area contributed by atoms with E-state index in [1.807, 2.05) is 17.5 Å². The molecular formula is C14H22N6. The Hall–Kier alpha value is -1.69. The summed E-state index contributed by atoms with van der Waals surface area (Å²) in [6, 6.07) is 0.515. The summed E-state index contributed by atoms with van der Waals surface area (Å²) >= 11 is 0. The van der Waals surface area contributed by atoms with E-state index in [1.54, 1.807) is 6.20 Å². The second kappa shape index (κ2) is 5.75. The van der Waals surface area contributed by atoms with E-state index in [4.69, 9.17) is 0 Å². The van der Waals surface area contributed by atoms with Crippen LogP contribution in [0.4, 0.5) is 5.82 Å². The predicted octanol–water partition coefficient (Wildman–Crippen LogP) is 1.72. The molecule has 0 aromatic carbocycles. The molecule has 1 unspecified atom stereocenters. The minimum absolute atomic E-state index is 0.515. The topological polar surface area (TPSA) is 58.4 Å². The van der Waals surface area contributed by atoms with Gasteiger partial charge in [0.1, 0.15) is 5.82 Å². The molecule has 3 heterocycles. The van der Waals surface area contributed by atoms with Gasteiger partial charge in [0, 0.05) is 25.0 Å². The van der Waals surface area contributed by atoms with Crippen LogP contribution in [0.5, 0.6) is 0 Å². The molecular weight excluding hydrogens is 252 g/mol. The fraction of sp³-hybridized carbons (Fsp3) is 0.643. The molecule has 108 valence electrons. The fourth-order valence-corrected chi connectivity index (χ4v) is 2.80. The Morgan fingerprint density at radius 3 is 2.85 bits per heavy atom. The number of fused-ring (bicyclic) bond motifs is 1. The Kier molecular flexibility index (Phi) is 3.82. The number of hydrogen-bond donors (Lipinski definition) is 1. The van der Waals surface area contributed by atoms with Crippen LogP contribution in [0.3, 0.4) is 0 Å². The van der Waals surface area contributed by atoms with Crippen molar-refractivity contribution < 1.29 is 0 Å². The lowest BCUT2D eigenvalue weighted by atomic mass is 10.1. The van der Waals surface area contributed by atoms with E-state index in [1.165, 1.54) is 32.4 Å². The van der Waals surface area contributed by atoms with E-state index in [0.29, 0.717) is 6.04 Å². The van der Waals surface area contributed by atoms with Crippen LogP contribution < -0.4 is 5.32 Å². The smallest absolute Gasteiger partial charge is 0.203 e. The zero-order valence-corrected chi connectivity index (χ0v) is 12.2. The number of piperidine rings is 1. The Bertz CT molecular complexity index is 572. The standard InChI is InChI=1S/C14H22N6/c1-11(19-7-4-3-5-8-19)10-16-13-14-18-17-12(2)20(14)9-6-15-13/h6,9,11H,3-5,7-8,10H2,1-2H3,(H,15,16). The molecule has 2 aromatic rings. The molecule has 2 aromatic heterocycles. The van der Waals surface area contributed by atoms with Crippen LogP contribution in [-0.4, -0.2) is 50.2 Å². The van der Waals surface area contributed by atoms with Gasteiger partial charge >= 0.3 is 0 Å². The number of aryl methyl sites for hydroxylation is 1. The molecule has 0 spiro atoms. The summed E-state index contributed by atoms with van der Waals surface area (Å²) in [5, 5.41) is 11.7. The van der Waals surface area contributed by atoms with Gasteiger partial charge in [0.05, 0.1) is 0 Å². The van der Waals surface area contributed by atoms with Crippen LogP contribution in [0.1, 0.15) is 32.0 Å². The molecule has 1 aliphatic heterocycles. The minimum atomic E-state index is 0.515. The third-order valence-corrected chi connectivity index (χ3v) is 4.08. The number of nitrogens with one attached hydrogen (secondary N) is 1. The molecule has 0 aliphatic carbocycles. The number of hydrogen-bond acceptors (Lipinski definition) is 5. The molecule has 0 radical (unpaired) electrons. The molecule has 3 rings (SSSR count). The maximum Gasteiger partial charge on any atom is 0.203 e. The summed E-state index contributed by atoms with van der Waals surface area (Å²) in [6.45, 7) is 7.53. The highest BCUT2D eigenvalue weighted by atomic mass is 15.3. The molecule has 1 N–H and O–H groups in total. The van der Waals surface area contributed by atoms with Crippen molar-refractivity contribution in [3.05, 3.63) is 18.2 Å². The zero-order chi connectivity index (χ0) is 13.9. The summed E-state index contributed by atoms with van der Waals surface area (Å²) in [5.74, 6) is 1.70. The second-order valence-electron chi connectivity index (χ2n) is 5.54. The summed E-state index contributed by atoms with van der Waals surface area (Å²) in [6.07, 6.45) is 7.70. The van der Waals surface area contributed by atoms with Gasteiger partial charge in [0.25, 0.3) is 0 Å². The van der Waals surface area contributed by atoms with Crippen LogP contribution in [0.25, 0.3) is 5.65 Å². The van der Waals surface area contributed by atoms with Crippen molar-refractivity contribution in [2.45, 2.75) is 39.2 Å². The third-order valence-electron chi connectivity index (χ3n) is 4.08. The van der Waals surface area contributed by atoms with Crippen molar-refractivity contribution in [2.24, 2.45) is 0 Å². The number of likely N-dealkylation sites (tertiary alicyclic amines) is 1.